The van der Waals surface area contributed by atoms with E-state index in [1.165, 1.54) is 0 Å². The molecule has 1 rings (SSSR count). The van der Waals surface area contributed by atoms with E-state index in [9.17, 15) is 4.79 Å². The summed E-state index contributed by atoms with van der Waals surface area (Å²) < 4.78 is 4.89. The van der Waals surface area contributed by atoms with E-state index in [0.29, 0.717) is 12.2 Å². The Morgan fingerprint density at radius 2 is 2.31 bits per heavy atom. The first-order chi connectivity index (χ1) is 7.39. The maximum Gasteiger partial charge on any atom is 0.290 e. The summed E-state index contributed by atoms with van der Waals surface area (Å²) in [6.07, 6.45) is 0. The summed E-state index contributed by atoms with van der Waals surface area (Å²) in [4.78, 5) is 11.8. The second-order valence-electron chi connectivity index (χ2n) is 4.56. The zero-order valence-corrected chi connectivity index (χ0v) is 10.2. The fourth-order valence-corrected chi connectivity index (χ4v) is 1.22. The lowest BCUT2D eigenvalue weighted by molar-refractivity contribution is 0.0845. The van der Waals surface area contributed by atoms with Crippen molar-refractivity contribution in [2.24, 2.45) is 11.7 Å². The van der Waals surface area contributed by atoms with Crippen LogP contribution in [-0.4, -0.2) is 23.1 Å². The first-order valence-corrected chi connectivity index (χ1v) is 5.35. The lowest BCUT2D eigenvalue weighted by atomic mass is 9.88. The van der Waals surface area contributed by atoms with Gasteiger partial charge in [0.15, 0.2) is 0 Å². The summed E-state index contributed by atoms with van der Waals surface area (Å²) in [5, 5.41) is 6.55. The molecule has 16 heavy (non-hydrogen) atoms. The minimum absolute atomic E-state index is 0.220. The first-order valence-electron chi connectivity index (χ1n) is 5.35. The number of aromatic nitrogens is 1. The molecule has 1 aromatic heterocycles. The Labute approximate surface area is 95.4 Å². The van der Waals surface area contributed by atoms with E-state index in [2.05, 4.69) is 10.5 Å². The maximum absolute atomic E-state index is 11.8. The predicted molar refractivity (Wildman–Crippen MR) is 61.0 cm³/mol. The number of nitrogens with one attached hydrogen (secondary N) is 1. The van der Waals surface area contributed by atoms with Crippen molar-refractivity contribution in [3.8, 4) is 0 Å². The third-order valence-electron chi connectivity index (χ3n) is 2.95. The number of hydrogen-bond acceptors (Lipinski definition) is 4. The molecule has 5 nitrogen and oxygen atoms in total. The molecule has 0 bridgehead atoms. The molecule has 1 aromatic rings. The number of nitrogens with zero attached hydrogens (tertiary/aromatic N) is 1. The van der Waals surface area contributed by atoms with Crippen molar-refractivity contribution in [3.05, 3.63) is 17.5 Å². The molecule has 3 N–H and O–H groups in total. The predicted octanol–water partition coefficient (Wildman–Crippen LogP) is 1.09. The summed E-state index contributed by atoms with van der Waals surface area (Å²) in [6, 6.07) is 1.60. The van der Waals surface area contributed by atoms with Gasteiger partial charge in [0.25, 0.3) is 5.91 Å². The molecular formula is C11H19N3O2. The molecule has 0 fully saturated rings. The molecule has 0 aliphatic rings. The molecule has 1 amide bonds. The van der Waals surface area contributed by atoms with Crippen LogP contribution in [0.4, 0.5) is 0 Å². The Hall–Kier alpha value is -1.36. The smallest absolute Gasteiger partial charge is 0.290 e. The van der Waals surface area contributed by atoms with Crippen LogP contribution < -0.4 is 11.1 Å². The summed E-state index contributed by atoms with van der Waals surface area (Å²) in [6.45, 7) is 8.09. The average molecular weight is 225 g/mol. The quantitative estimate of drug-likeness (QED) is 0.803. The Morgan fingerprint density at radius 1 is 1.69 bits per heavy atom. The third kappa shape index (κ3) is 2.61. The number of amides is 1. The summed E-state index contributed by atoms with van der Waals surface area (Å²) >= 11 is 0. The molecular weight excluding hydrogens is 206 g/mol. The number of carbonyl (C=O) groups excluding carboxylic acids is 1. The van der Waals surface area contributed by atoms with Gasteiger partial charge in [0.05, 0.1) is 11.2 Å². The van der Waals surface area contributed by atoms with Crippen LogP contribution in [0.2, 0.25) is 0 Å². The van der Waals surface area contributed by atoms with Crippen molar-refractivity contribution >= 4 is 5.91 Å². The number of nitrogens with two attached hydrogens (primary N) is 1. The summed E-state index contributed by atoms with van der Waals surface area (Å²) in [5.74, 6) is 0.186. The van der Waals surface area contributed by atoms with Gasteiger partial charge < -0.3 is 15.6 Å². The van der Waals surface area contributed by atoms with E-state index >= 15 is 0 Å². The Balaban J connectivity index is 2.77. The number of aryl methyl sites for hydroxylation is 1. The topological polar surface area (TPSA) is 81.2 Å². The lowest BCUT2D eigenvalue weighted by Crippen LogP contribution is -2.54. The van der Waals surface area contributed by atoms with Crippen LogP contribution >= 0.6 is 0 Å². The Bertz CT molecular complexity index is 373. The van der Waals surface area contributed by atoms with Gasteiger partial charge in [0.1, 0.15) is 0 Å². The van der Waals surface area contributed by atoms with E-state index in [0.717, 1.165) is 0 Å². The van der Waals surface area contributed by atoms with Crippen molar-refractivity contribution in [1.82, 2.24) is 10.5 Å². The van der Waals surface area contributed by atoms with E-state index in [-0.39, 0.29) is 17.6 Å². The van der Waals surface area contributed by atoms with Gasteiger partial charge in [-0.1, -0.05) is 19.0 Å². The fraction of sp³-hybridized carbons (Fsp3) is 0.636. The van der Waals surface area contributed by atoms with Gasteiger partial charge in [-0.3, -0.25) is 4.79 Å². The van der Waals surface area contributed by atoms with E-state index in [1.807, 2.05) is 20.8 Å². The molecule has 5 heteroatoms. The van der Waals surface area contributed by atoms with Gasteiger partial charge >= 0.3 is 0 Å². The van der Waals surface area contributed by atoms with Crippen molar-refractivity contribution in [2.75, 3.05) is 6.54 Å². The SMILES string of the molecule is Cc1cc(C(=O)NC(C)(CN)C(C)C)on1. The average Bonchev–Trinajstić information content (AvgIpc) is 2.64. The highest BCUT2D eigenvalue weighted by atomic mass is 16.5. The van der Waals surface area contributed by atoms with Crippen molar-refractivity contribution < 1.29 is 9.32 Å². The van der Waals surface area contributed by atoms with Gasteiger partial charge in [-0.2, -0.15) is 0 Å². The third-order valence-corrected chi connectivity index (χ3v) is 2.95. The normalized spacial score (nSPS) is 14.9. The van der Waals surface area contributed by atoms with Crippen LogP contribution in [0.15, 0.2) is 10.6 Å². The number of rotatable bonds is 4. The van der Waals surface area contributed by atoms with Crippen LogP contribution in [0, 0.1) is 12.8 Å². The monoisotopic (exact) mass is 225 g/mol. The minimum atomic E-state index is -0.433. The summed E-state index contributed by atoms with van der Waals surface area (Å²) in [5.41, 5.74) is 5.93. The van der Waals surface area contributed by atoms with Crippen LogP contribution in [0.3, 0.4) is 0 Å². The summed E-state index contributed by atoms with van der Waals surface area (Å²) in [7, 11) is 0. The number of carbonyl (C=O) groups is 1. The zero-order chi connectivity index (χ0) is 12.3. The molecule has 1 atom stereocenters. The fourth-order valence-electron chi connectivity index (χ4n) is 1.22. The van der Waals surface area contributed by atoms with Crippen molar-refractivity contribution in [3.63, 3.8) is 0 Å². The molecule has 0 saturated heterocycles. The van der Waals surface area contributed by atoms with Crippen LogP contribution in [0.5, 0.6) is 0 Å². The van der Waals surface area contributed by atoms with Gasteiger partial charge in [-0.15, -0.1) is 0 Å². The van der Waals surface area contributed by atoms with Crippen LogP contribution in [-0.2, 0) is 0 Å². The molecule has 1 heterocycles. The molecule has 0 aliphatic carbocycles. The van der Waals surface area contributed by atoms with Crippen LogP contribution in [0.25, 0.3) is 0 Å². The second kappa shape index (κ2) is 4.65. The Kier molecular flexibility index (Phi) is 3.70. The highest BCUT2D eigenvalue weighted by Gasteiger charge is 2.30. The second-order valence-corrected chi connectivity index (χ2v) is 4.56. The minimum Gasteiger partial charge on any atom is -0.351 e. The highest BCUT2D eigenvalue weighted by molar-refractivity contribution is 5.91. The lowest BCUT2D eigenvalue weighted by Gasteiger charge is -2.33. The van der Waals surface area contributed by atoms with Gasteiger partial charge in [-0.05, 0) is 19.8 Å². The van der Waals surface area contributed by atoms with Gasteiger partial charge in [0.2, 0.25) is 5.76 Å². The molecule has 0 aromatic carbocycles. The van der Waals surface area contributed by atoms with Gasteiger partial charge in [0, 0.05) is 12.6 Å². The van der Waals surface area contributed by atoms with Crippen LogP contribution in [0.1, 0.15) is 37.0 Å². The van der Waals surface area contributed by atoms with Gasteiger partial charge in [-0.25, -0.2) is 0 Å². The van der Waals surface area contributed by atoms with E-state index in [4.69, 9.17) is 10.3 Å². The number of hydrogen-bond donors (Lipinski definition) is 2. The molecule has 0 radical (unpaired) electrons. The molecule has 90 valence electrons. The van der Waals surface area contributed by atoms with E-state index in [1.54, 1.807) is 13.0 Å². The standard InChI is InChI=1S/C11H19N3O2/c1-7(2)11(4,6-12)13-10(15)9-5-8(3)14-16-9/h5,7H,6,12H2,1-4H3,(H,13,15). The Morgan fingerprint density at radius 3 is 2.69 bits per heavy atom. The molecule has 0 saturated carbocycles. The van der Waals surface area contributed by atoms with Crippen molar-refractivity contribution in [1.29, 1.82) is 0 Å². The molecule has 1 unspecified atom stereocenters. The van der Waals surface area contributed by atoms with E-state index < -0.39 is 5.54 Å². The molecule has 0 spiro atoms. The largest absolute Gasteiger partial charge is 0.351 e. The highest BCUT2D eigenvalue weighted by Crippen LogP contribution is 2.16. The zero-order valence-electron chi connectivity index (χ0n) is 10.2. The molecule has 0 aliphatic heterocycles. The van der Waals surface area contributed by atoms with Crippen molar-refractivity contribution in [2.45, 2.75) is 33.2 Å². The maximum atomic E-state index is 11.8. The first kappa shape index (κ1) is 12.7.